The first-order valence-electron chi connectivity index (χ1n) is 11.0. The van der Waals surface area contributed by atoms with Crippen molar-refractivity contribution in [2.45, 2.75) is 33.0 Å². The molecular formula is C21H26N10O6. The largest absolute Gasteiger partial charge is 0.478 e. The van der Waals surface area contributed by atoms with Crippen LogP contribution in [-0.2, 0) is 0 Å². The van der Waals surface area contributed by atoms with Crippen molar-refractivity contribution < 1.29 is 25.0 Å². The molecule has 0 aliphatic heterocycles. The maximum absolute atomic E-state index is 11.6. The molecule has 2 heterocycles. The van der Waals surface area contributed by atoms with Crippen LogP contribution in [0.15, 0.2) is 34.6 Å². The second-order valence-corrected chi connectivity index (χ2v) is 8.20. The number of benzene rings is 1. The lowest BCUT2D eigenvalue weighted by molar-refractivity contribution is -0.384. The maximum atomic E-state index is 11.6. The number of aromatic nitrogens is 5. The number of aliphatic hydroxyl groups excluding tert-OH is 2. The lowest BCUT2D eigenvalue weighted by Gasteiger charge is -2.20. The molecule has 196 valence electrons. The molecule has 0 radical (unpaired) electrons. The third-order valence-electron chi connectivity index (χ3n) is 4.81. The molecule has 0 aliphatic carbocycles. The van der Waals surface area contributed by atoms with Crippen LogP contribution in [0.2, 0.25) is 0 Å². The first-order valence-corrected chi connectivity index (χ1v) is 11.0. The number of rotatable bonds is 11. The first-order chi connectivity index (χ1) is 17.5. The van der Waals surface area contributed by atoms with Crippen molar-refractivity contribution in [3.8, 4) is 5.69 Å². The minimum Gasteiger partial charge on any atom is -0.478 e. The number of nitro groups is 1. The van der Waals surface area contributed by atoms with E-state index in [4.69, 9.17) is 0 Å². The number of hydrogen-bond acceptors (Lipinski definition) is 13. The number of carboxylic acid groups (broad SMARTS) is 1. The zero-order valence-electron chi connectivity index (χ0n) is 20.5. The van der Waals surface area contributed by atoms with Gasteiger partial charge in [-0.1, -0.05) is 0 Å². The Hall–Kier alpha value is -4.57. The van der Waals surface area contributed by atoms with Crippen molar-refractivity contribution in [3.63, 3.8) is 0 Å². The minimum atomic E-state index is -1.32. The molecule has 0 aliphatic rings. The second-order valence-electron chi connectivity index (χ2n) is 8.20. The normalized spacial score (nSPS) is 12.9. The predicted octanol–water partition coefficient (Wildman–Crippen LogP) is 2.00. The Morgan fingerprint density at radius 3 is 2.59 bits per heavy atom. The van der Waals surface area contributed by atoms with Gasteiger partial charge in [-0.05, 0) is 32.9 Å². The fraction of sp³-hybridized carbons (Fsp3) is 0.381. The van der Waals surface area contributed by atoms with Gasteiger partial charge in [0.05, 0.1) is 28.9 Å². The molecule has 0 saturated carbocycles. The number of aromatic carboxylic acids is 1. The Kier molecular flexibility index (Phi) is 8.36. The summed E-state index contributed by atoms with van der Waals surface area (Å²) in [7, 11) is 1.73. The van der Waals surface area contributed by atoms with Gasteiger partial charge in [0.15, 0.2) is 5.82 Å². The summed E-state index contributed by atoms with van der Waals surface area (Å²) in [5, 5.41) is 55.4. The van der Waals surface area contributed by atoms with Gasteiger partial charge in [-0.25, -0.2) is 14.8 Å². The van der Waals surface area contributed by atoms with E-state index in [1.54, 1.807) is 32.7 Å². The molecule has 0 spiro atoms. The van der Waals surface area contributed by atoms with Crippen LogP contribution in [0.5, 0.6) is 0 Å². The Morgan fingerprint density at radius 1 is 1.24 bits per heavy atom. The fourth-order valence-electron chi connectivity index (χ4n) is 3.19. The molecule has 37 heavy (non-hydrogen) atoms. The molecule has 16 heteroatoms. The number of hydrogen-bond donors (Lipinski definition) is 4. The van der Waals surface area contributed by atoms with E-state index in [9.17, 15) is 30.2 Å². The van der Waals surface area contributed by atoms with E-state index < -0.39 is 28.8 Å². The van der Waals surface area contributed by atoms with Crippen molar-refractivity contribution in [1.29, 1.82) is 0 Å². The third-order valence-corrected chi connectivity index (χ3v) is 4.81. The molecule has 3 aromatic rings. The molecular weight excluding hydrogens is 488 g/mol. The van der Waals surface area contributed by atoms with Crippen LogP contribution in [-0.4, -0.2) is 83.3 Å². The summed E-state index contributed by atoms with van der Waals surface area (Å²) >= 11 is 0. The monoisotopic (exact) mass is 514 g/mol. The van der Waals surface area contributed by atoms with Crippen molar-refractivity contribution >= 4 is 35.1 Å². The average Bonchev–Trinajstić information content (AvgIpc) is 3.20. The number of likely N-dealkylation sites (N-methyl/N-ethyl adjacent to an activating group) is 1. The molecule has 2 atom stereocenters. The van der Waals surface area contributed by atoms with E-state index in [2.05, 4.69) is 35.6 Å². The van der Waals surface area contributed by atoms with Crippen LogP contribution in [0.25, 0.3) is 5.69 Å². The van der Waals surface area contributed by atoms with Gasteiger partial charge in [0.25, 0.3) is 11.6 Å². The highest BCUT2D eigenvalue weighted by atomic mass is 16.6. The second kappa shape index (κ2) is 11.4. The number of aryl methyl sites for hydroxylation is 1. The van der Waals surface area contributed by atoms with Crippen LogP contribution in [0.3, 0.4) is 0 Å². The fourth-order valence-corrected chi connectivity index (χ4v) is 3.19. The number of nitro benzene ring substituents is 1. The van der Waals surface area contributed by atoms with Crippen LogP contribution in [0, 0.1) is 17.0 Å². The molecule has 2 unspecified atom stereocenters. The van der Waals surface area contributed by atoms with Gasteiger partial charge in [-0.15, -0.1) is 15.3 Å². The van der Waals surface area contributed by atoms with Crippen molar-refractivity contribution in [1.82, 2.24) is 24.7 Å². The highest BCUT2D eigenvalue weighted by Crippen LogP contribution is 2.29. The Bertz CT molecular complexity index is 1320. The van der Waals surface area contributed by atoms with Gasteiger partial charge >= 0.3 is 5.97 Å². The Morgan fingerprint density at radius 2 is 1.97 bits per heavy atom. The molecule has 16 nitrogen and oxygen atoms in total. The molecule has 4 N–H and O–H groups in total. The SMILES string of the molecule is Cc1nc(N=Nc2ncc(N(C)CC(C)O)nc2NCC(C)O)n(-c2ccc(C(=O)O)cc2[N+](=O)[O-])n1. The molecule has 0 saturated heterocycles. The topological polar surface area (TPSA) is 217 Å². The molecule has 0 bridgehead atoms. The van der Waals surface area contributed by atoms with E-state index in [1.165, 1.54) is 18.3 Å². The summed E-state index contributed by atoms with van der Waals surface area (Å²) < 4.78 is 1.07. The summed E-state index contributed by atoms with van der Waals surface area (Å²) in [6.45, 7) is 5.20. The highest BCUT2D eigenvalue weighted by molar-refractivity contribution is 5.89. The Balaban J connectivity index is 2.03. The maximum Gasteiger partial charge on any atom is 0.335 e. The van der Waals surface area contributed by atoms with E-state index in [0.717, 1.165) is 10.7 Å². The van der Waals surface area contributed by atoms with Crippen molar-refractivity contribution in [2.24, 2.45) is 10.2 Å². The Labute approximate surface area is 210 Å². The summed E-state index contributed by atoms with van der Waals surface area (Å²) in [6, 6.07) is 3.35. The molecule has 2 aromatic heterocycles. The highest BCUT2D eigenvalue weighted by Gasteiger charge is 2.22. The number of nitrogens with one attached hydrogen (secondary N) is 1. The van der Waals surface area contributed by atoms with E-state index in [1.807, 2.05) is 0 Å². The number of azo groups is 1. The van der Waals surface area contributed by atoms with Crippen LogP contribution in [0.1, 0.15) is 30.0 Å². The first kappa shape index (κ1) is 27.0. The summed E-state index contributed by atoms with van der Waals surface area (Å²) in [6.07, 6.45) is 0.115. The van der Waals surface area contributed by atoms with E-state index >= 15 is 0 Å². The quantitative estimate of drug-likeness (QED) is 0.164. The minimum absolute atomic E-state index is 0.0396. The molecule has 1 aromatic carbocycles. The van der Waals surface area contributed by atoms with E-state index in [0.29, 0.717) is 12.4 Å². The molecule has 0 amide bonds. The average molecular weight is 515 g/mol. The lowest BCUT2D eigenvalue weighted by Crippen LogP contribution is -2.28. The van der Waals surface area contributed by atoms with Crippen molar-refractivity contribution in [3.05, 3.63) is 45.9 Å². The number of aliphatic hydroxyl groups is 2. The summed E-state index contributed by atoms with van der Waals surface area (Å²) in [5.74, 6) is -0.540. The number of carboxylic acids is 1. The summed E-state index contributed by atoms with van der Waals surface area (Å²) in [4.78, 5) is 36.7. The van der Waals surface area contributed by atoms with Gasteiger partial charge in [-0.3, -0.25) is 10.1 Å². The number of nitrogens with zero attached hydrogens (tertiary/aromatic N) is 9. The lowest BCUT2D eigenvalue weighted by atomic mass is 10.2. The van der Waals surface area contributed by atoms with Crippen LogP contribution < -0.4 is 10.2 Å². The number of carbonyl (C=O) groups is 1. The van der Waals surface area contributed by atoms with Crippen molar-refractivity contribution in [2.75, 3.05) is 30.4 Å². The predicted molar refractivity (Wildman–Crippen MR) is 131 cm³/mol. The van der Waals surface area contributed by atoms with Gasteiger partial charge < -0.3 is 25.5 Å². The smallest absolute Gasteiger partial charge is 0.335 e. The molecule has 3 rings (SSSR count). The van der Waals surface area contributed by atoms with Crippen LogP contribution >= 0.6 is 0 Å². The summed E-state index contributed by atoms with van der Waals surface area (Å²) in [5.41, 5.74) is -0.829. The van der Waals surface area contributed by atoms with Gasteiger partial charge in [0, 0.05) is 26.2 Å². The van der Waals surface area contributed by atoms with Gasteiger partial charge in [0.2, 0.25) is 5.82 Å². The zero-order valence-corrected chi connectivity index (χ0v) is 20.5. The van der Waals surface area contributed by atoms with Gasteiger partial charge in [-0.2, -0.15) is 9.67 Å². The van der Waals surface area contributed by atoms with Gasteiger partial charge in [0.1, 0.15) is 17.3 Å². The number of anilines is 2. The zero-order chi connectivity index (χ0) is 27.3. The molecule has 0 fully saturated rings. The van der Waals surface area contributed by atoms with E-state index in [-0.39, 0.29) is 41.2 Å². The third kappa shape index (κ3) is 6.77. The standard InChI is InChI=1S/C21H26N10O6/c1-11(32)8-22-18-19(23-9-17(25-18)29(4)10-12(2)33)26-27-21-24-13(3)28-30(21)15-6-5-14(20(34)35)7-16(15)31(36)37/h5-7,9,11-12,32-33H,8,10H2,1-4H3,(H,22,25)(H,34,35). The van der Waals surface area contributed by atoms with Crippen LogP contribution in [0.4, 0.5) is 29.1 Å².